The van der Waals surface area contributed by atoms with Crippen molar-refractivity contribution in [2.45, 2.75) is 32.9 Å². The quantitative estimate of drug-likeness (QED) is 0.802. The van der Waals surface area contributed by atoms with E-state index in [1.807, 2.05) is 30.9 Å². The van der Waals surface area contributed by atoms with Gasteiger partial charge in [-0.2, -0.15) is 0 Å². The number of rotatable bonds is 6. The van der Waals surface area contributed by atoms with E-state index in [-0.39, 0.29) is 11.9 Å². The molecule has 0 bridgehead atoms. The highest BCUT2D eigenvalue weighted by Gasteiger charge is 2.26. The summed E-state index contributed by atoms with van der Waals surface area (Å²) in [7, 11) is 0. The van der Waals surface area contributed by atoms with Gasteiger partial charge in [0.2, 0.25) is 5.91 Å². The van der Waals surface area contributed by atoms with Crippen molar-refractivity contribution in [2.75, 3.05) is 26.3 Å². The molecule has 0 spiro atoms. The topological polar surface area (TPSA) is 41.6 Å². The lowest BCUT2D eigenvalue weighted by molar-refractivity contribution is -0.134. The summed E-state index contributed by atoms with van der Waals surface area (Å²) in [5, 5.41) is 3.35. The molecule has 1 N–H and O–H groups in total. The Labute approximate surface area is 121 Å². The van der Waals surface area contributed by atoms with Crippen molar-refractivity contribution in [2.24, 2.45) is 0 Å². The molecule has 1 unspecified atom stereocenters. The normalized spacial score (nSPS) is 17.6. The molecule has 4 nitrogen and oxygen atoms in total. The molecular formula is C16H24N2O2. The molecule has 0 aliphatic carbocycles. The summed E-state index contributed by atoms with van der Waals surface area (Å²) in [5.74, 6) is 0.182. The molecule has 20 heavy (non-hydrogen) atoms. The fourth-order valence-corrected chi connectivity index (χ4v) is 2.59. The van der Waals surface area contributed by atoms with Crippen LogP contribution in [0.25, 0.3) is 0 Å². The van der Waals surface area contributed by atoms with Crippen molar-refractivity contribution in [3.05, 3.63) is 35.4 Å². The van der Waals surface area contributed by atoms with Gasteiger partial charge >= 0.3 is 0 Å². The van der Waals surface area contributed by atoms with Crippen molar-refractivity contribution in [1.29, 1.82) is 0 Å². The van der Waals surface area contributed by atoms with Crippen molar-refractivity contribution < 1.29 is 9.53 Å². The molecule has 1 aromatic rings. The summed E-state index contributed by atoms with van der Waals surface area (Å²) in [5.41, 5.74) is 2.58. The monoisotopic (exact) mass is 276 g/mol. The lowest BCUT2D eigenvalue weighted by Crippen LogP contribution is -2.50. The number of amides is 1. The average molecular weight is 276 g/mol. The van der Waals surface area contributed by atoms with Gasteiger partial charge in [0.1, 0.15) is 0 Å². The standard InChI is InChI=1S/C16H24N2O2/c1-3-18(9-10-20-4-2)16(19)15-11-13-7-5-6-8-14(13)12-17-15/h5-8,15,17H,3-4,9-12H2,1-2H3. The van der Waals surface area contributed by atoms with Gasteiger partial charge in [-0.15, -0.1) is 0 Å². The third kappa shape index (κ3) is 3.58. The Kier molecular flexibility index (Phi) is 5.56. The molecule has 0 aromatic heterocycles. The molecule has 1 aromatic carbocycles. The van der Waals surface area contributed by atoms with Gasteiger partial charge in [-0.05, 0) is 31.4 Å². The third-order valence-corrected chi connectivity index (χ3v) is 3.78. The number of benzene rings is 1. The molecular weight excluding hydrogens is 252 g/mol. The van der Waals surface area contributed by atoms with E-state index in [9.17, 15) is 4.79 Å². The highest BCUT2D eigenvalue weighted by molar-refractivity contribution is 5.82. The molecule has 0 saturated carbocycles. The predicted molar refractivity (Wildman–Crippen MR) is 79.5 cm³/mol. The minimum atomic E-state index is -0.105. The van der Waals surface area contributed by atoms with Crippen LogP contribution >= 0.6 is 0 Å². The van der Waals surface area contributed by atoms with E-state index in [2.05, 4.69) is 17.4 Å². The lowest BCUT2D eigenvalue weighted by atomic mass is 9.95. The van der Waals surface area contributed by atoms with E-state index in [4.69, 9.17) is 4.74 Å². The summed E-state index contributed by atoms with van der Waals surface area (Å²) in [6, 6.07) is 8.22. The van der Waals surface area contributed by atoms with Crippen molar-refractivity contribution >= 4 is 5.91 Å². The SMILES string of the molecule is CCOCCN(CC)C(=O)C1Cc2ccccc2CN1. The first-order valence-corrected chi connectivity index (χ1v) is 7.43. The number of hydrogen-bond donors (Lipinski definition) is 1. The van der Waals surface area contributed by atoms with Gasteiger partial charge in [0.25, 0.3) is 0 Å². The second kappa shape index (κ2) is 7.41. The van der Waals surface area contributed by atoms with E-state index in [1.165, 1.54) is 11.1 Å². The highest BCUT2D eigenvalue weighted by Crippen LogP contribution is 2.17. The highest BCUT2D eigenvalue weighted by atomic mass is 16.5. The van der Waals surface area contributed by atoms with Crippen LogP contribution in [0.3, 0.4) is 0 Å². The summed E-state index contributed by atoms with van der Waals surface area (Å²) in [4.78, 5) is 14.4. The van der Waals surface area contributed by atoms with Gasteiger partial charge in [-0.1, -0.05) is 24.3 Å². The largest absolute Gasteiger partial charge is 0.380 e. The van der Waals surface area contributed by atoms with E-state index in [0.29, 0.717) is 19.8 Å². The molecule has 0 saturated heterocycles. The number of likely N-dealkylation sites (N-methyl/N-ethyl adjacent to an activating group) is 1. The fourth-order valence-electron chi connectivity index (χ4n) is 2.59. The van der Waals surface area contributed by atoms with Gasteiger partial charge in [-0.25, -0.2) is 0 Å². The first kappa shape index (κ1) is 15.0. The molecule has 4 heteroatoms. The van der Waals surface area contributed by atoms with Crippen LogP contribution in [0.1, 0.15) is 25.0 Å². The number of nitrogens with one attached hydrogen (secondary N) is 1. The maximum absolute atomic E-state index is 12.5. The summed E-state index contributed by atoms with van der Waals surface area (Å²) >= 11 is 0. The van der Waals surface area contributed by atoms with E-state index in [0.717, 1.165) is 19.5 Å². The summed E-state index contributed by atoms with van der Waals surface area (Å²) in [6.45, 7) is 7.46. The van der Waals surface area contributed by atoms with Gasteiger partial charge in [0.15, 0.2) is 0 Å². The first-order valence-electron chi connectivity index (χ1n) is 7.43. The molecule has 2 rings (SSSR count). The van der Waals surface area contributed by atoms with Crippen molar-refractivity contribution in [3.63, 3.8) is 0 Å². The van der Waals surface area contributed by atoms with Crippen LogP contribution in [0.4, 0.5) is 0 Å². The molecule has 1 aliphatic heterocycles. The minimum absolute atomic E-state index is 0.105. The number of fused-ring (bicyclic) bond motifs is 1. The van der Waals surface area contributed by atoms with Crippen molar-refractivity contribution in [1.82, 2.24) is 10.2 Å². The molecule has 1 heterocycles. The Balaban J connectivity index is 1.95. The second-order valence-electron chi connectivity index (χ2n) is 5.02. The van der Waals surface area contributed by atoms with Crippen LogP contribution in [0.15, 0.2) is 24.3 Å². The number of ether oxygens (including phenoxy) is 1. The van der Waals surface area contributed by atoms with Gasteiger partial charge in [-0.3, -0.25) is 4.79 Å². The smallest absolute Gasteiger partial charge is 0.240 e. The van der Waals surface area contributed by atoms with E-state index < -0.39 is 0 Å². The maximum atomic E-state index is 12.5. The Bertz CT molecular complexity index is 448. The Morgan fingerprint density at radius 2 is 2.10 bits per heavy atom. The van der Waals surface area contributed by atoms with Crippen LogP contribution in [0, 0.1) is 0 Å². The molecule has 0 fully saturated rings. The van der Waals surface area contributed by atoms with Crippen LogP contribution in [0.2, 0.25) is 0 Å². The van der Waals surface area contributed by atoms with Crippen LogP contribution in [-0.2, 0) is 22.5 Å². The molecule has 110 valence electrons. The summed E-state index contributed by atoms with van der Waals surface area (Å²) in [6.07, 6.45) is 0.778. The van der Waals surface area contributed by atoms with Crippen LogP contribution in [0.5, 0.6) is 0 Å². The fraction of sp³-hybridized carbons (Fsp3) is 0.562. The number of carbonyl (C=O) groups excluding carboxylic acids is 1. The van der Waals surface area contributed by atoms with Crippen molar-refractivity contribution in [3.8, 4) is 0 Å². The number of nitrogens with zero attached hydrogens (tertiary/aromatic N) is 1. The van der Waals surface area contributed by atoms with Crippen LogP contribution in [-0.4, -0.2) is 43.2 Å². The number of carbonyl (C=O) groups is 1. The molecule has 1 atom stereocenters. The Morgan fingerprint density at radius 3 is 2.80 bits per heavy atom. The molecule has 0 radical (unpaired) electrons. The lowest BCUT2D eigenvalue weighted by Gasteiger charge is -2.30. The van der Waals surface area contributed by atoms with Crippen LogP contribution < -0.4 is 5.32 Å². The van der Waals surface area contributed by atoms with Gasteiger partial charge in [0, 0.05) is 26.2 Å². The maximum Gasteiger partial charge on any atom is 0.240 e. The predicted octanol–water partition coefficient (Wildman–Crippen LogP) is 1.59. The Morgan fingerprint density at radius 1 is 1.35 bits per heavy atom. The molecule has 1 amide bonds. The number of hydrogen-bond acceptors (Lipinski definition) is 3. The molecule has 1 aliphatic rings. The zero-order valence-corrected chi connectivity index (χ0v) is 12.4. The third-order valence-electron chi connectivity index (χ3n) is 3.78. The van der Waals surface area contributed by atoms with E-state index in [1.54, 1.807) is 0 Å². The van der Waals surface area contributed by atoms with Gasteiger partial charge < -0.3 is 15.0 Å². The average Bonchev–Trinajstić information content (AvgIpc) is 2.50. The van der Waals surface area contributed by atoms with Gasteiger partial charge in [0.05, 0.1) is 12.6 Å². The summed E-state index contributed by atoms with van der Waals surface area (Å²) < 4.78 is 5.35. The second-order valence-corrected chi connectivity index (χ2v) is 5.02. The zero-order chi connectivity index (χ0) is 14.4. The minimum Gasteiger partial charge on any atom is -0.380 e. The zero-order valence-electron chi connectivity index (χ0n) is 12.4. The first-order chi connectivity index (χ1) is 9.76. The Hall–Kier alpha value is -1.39. The van der Waals surface area contributed by atoms with E-state index >= 15 is 0 Å².